The van der Waals surface area contributed by atoms with Gasteiger partial charge in [0.1, 0.15) is 6.20 Å². The average Bonchev–Trinajstić information content (AvgIpc) is 2.38. The van der Waals surface area contributed by atoms with Crippen molar-refractivity contribution in [3.63, 3.8) is 0 Å². The first kappa shape index (κ1) is 15.0. The molecule has 0 aliphatic rings. The molecule has 0 atom stereocenters. The van der Waals surface area contributed by atoms with Crippen molar-refractivity contribution in [1.82, 2.24) is 9.97 Å². The standard InChI is InChI=1S/C11H6ClF3N4O2/c12-10-16-5-8(19(20)21)9(18-10)17-7-3-1-6(2-4-7)11(13,14)15/h1-5H,(H,16,17,18). The number of benzene rings is 1. The van der Waals surface area contributed by atoms with E-state index in [2.05, 4.69) is 15.3 Å². The Morgan fingerprint density at radius 1 is 1.24 bits per heavy atom. The second kappa shape index (κ2) is 5.52. The third-order valence-corrected chi connectivity index (χ3v) is 2.59. The summed E-state index contributed by atoms with van der Waals surface area (Å²) in [7, 11) is 0. The summed E-state index contributed by atoms with van der Waals surface area (Å²) in [4.78, 5) is 17.2. The Kier molecular flexibility index (Phi) is 3.94. The summed E-state index contributed by atoms with van der Waals surface area (Å²) in [5, 5.41) is 13.1. The first-order valence-electron chi connectivity index (χ1n) is 5.38. The van der Waals surface area contributed by atoms with Gasteiger partial charge in [0.05, 0.1) is 10.5 Å². The van der Waals surface area contributed by atoms with Crippen LogP contribution in [0.25, 0.3) is 0 Å². The molecule has 0 fully saturated rings. The Morgan fingerprint density at radius 3 is 2.38 bits per heavy atom. The van der Waals surface area contributed by atoms with Crippen LogP contribution >= 0.6 is 11.6 Å². The van der Waals surface area contributed by atoms with E-state index in [1.165, 1.54) is 0 Å². The van der Waals surface area contributed by atoms with Crippen LogP contribution in [0.5, 0.6) is 0 Å². The van der Waals surface area contributed by atoms with Crippen LogP contribution in [0.3, 0.4) is 0 Å². The Balaban J connectivity index is 2.30. The van der Waals surface area contributed by atoms with Gasteiger partial charge in [-0.15, -0.1) is 0 Å². The summed E-state index contributed by atoms with van der Waals surface area (Å²) in [6.45, 7) is 0. The van der Waals surface area contributed by atoms with Crippen molar-refractivity contribution >= 4 is 28.8 Å². The van der Waals surface area contributed by atoms with Gasteiger partial charge in [-0.1, -0.05) is 0 Å². The van der Waals surface area contributed by atoms with Gasteiger partial charge in [-0.2, -0.15) is 18.2 Å². The van der Waals surface area contributed by atoms with Crippen molar-refractivity contribution in [3.05, 3.63) is 51.4 Å². The fraction of sp³-hybridized carbons (Fsp3) is 0.0909. The number of aromatic nitrogens is 2. The predicted molar refractivity (Wildman–Crippen MR) is 68.4 cm³/mol. The minimum atomic E-state index is -4.46. The minimum absolute atomic E-state index is 0.195. The van der Waals surface area contributed by atoms with E-state index in [0.29, 0.717) is 0 Å². The lowest BCUT2D eigenvalue weighted by Crippen LogP contribution is -2.05. The first-order chi connectivity index (χ1) is 9.77. The number of alkyl halides is 3. The molecule has 0 aliphatic carbocycles. The summed E-state index contributed by atoms with van der Waals surface area (Å²) >= 11 is 5.54. The lowest BCUT2D eigenvalue weighted by molar-refractivity contribution is -0.384. The quantitative estimate of drug-likeness (QED) is 0.529. The summed E-state index contributed by atoms with van der Waals surface area (Å²) in [6, 6.07) is 3.94. The van der Waals surface area contributed by atoms with Crippen LogP contribution in [-0.4, -0.2) is 14.9 Å². The first-order valence-corrected chi connectivity index (χ1v) is 5.76. The van der Waals surface area contributed by atoms with Crippen LogP contribution in [0, 0.1) is 10.1 Å². The molecule has 21 heavy (non-hydrogen) atoms. The molecule has 2 aromatic rings. The Labute approximate surface area is 120 Å². The Morgan fingerprint density at radius 2 is 1.86 bits per heavy atom. The maximum atomic E-state index is 12.4. The van der Waals surface area contributed by atoms with E-state index in [-0.39, 0.29) is 16.8 Å². The molecule has 1 heterocycles. The molecule has 1 aromatic carbocycles. The number of nitrogens with zero attached hydrogens (tertiary/aromatic N) is 3. The molecule has 0 unspecified atom stereocenters. The van der Waals surface area contributed by atoms with E-state index in [1.54, 1.807) is 0 Å². The van der Waals surface area contributed by atoms with Crippen molar-refractivity contribution in [2.75, 3.05) is 5.32 Å². The van der Waals surface area contributed by atoms with Gasteiger partial charge in [-0.25, -0.2) is 4.98 Å². The van der Waals surface area contributed by atoms with Crippen LogP contribution in [0.4, 0.5) is 30.4 Å². The van der Waals surface area contributed by atoms with Crippen LogP contribution < -0.4 is 5.32 Å². The molecule has 0 radical (unpaired) electrons. The van der Waals surface area contributed by atoms with Gasteiger partial charge < -0.3 is 5.32 Å². The van der Waals surface area contributed by atoms with Gasteiger partial charge in [0.2, 0.25) is 11.1 Å². The van der Waals surface area contributed by atoms with Crippen LogP contribution in [0.2, 0.25) is 5.28 Å². The predicted octanol–water partition coefficient (Wildman–Crippen LogP) is 3.80. The van der Waals surface area contributed by atoms with E-state index in [4.69, 9.17) is 11.6 Å². The van der Waals surface area contributed by atoms with E-state index in [1.807, 2.05) is 0 Å². The third-order valence-electron chi connectivity index (χ3n) is 2.41. The zero-order valence-corrected chi connectivity index (χ0v) is 10.8. The Hall–Kier alpha value is -2.42. The van der Waals surface area contributed by atoms with Gasteiger partial charge in [0.15, 0.2) is 0 Å². The molecule has 110 valence electrons. The topological polar surface area (TPSA) is 81.0 Å². The van der Waals surface area contributed by atoms with E-state index in [9.17, 15) is 23.3 Å². The molecule has 0 amide bonds. The summed E-state index contributed by atoms with van der Waals surface area (Å²) < 4.78 is 37.3. The van der Waals surface area contributed by atoms with Gasteiger partial charge >= 0.3 is 11.9 Å². The van der Waals surface area contributed by atoms with Crippen LogP contribution in [-0.2, 0) is 6.18 Å². The monoisotopic (exact) mass is 318 g/mol. The smallest absolute Gasteiger partial charge is 0.334 e. The molecule has 0 saturated carbocycles. The Bertz CT molecular complexity index is 676. The SMILES string of the molecule is O=[N+]([O-])c1cnc(Cl)nc1Nc1ccc(C(F)(F)F)cc1. The van der Waals surface area contributed by atoms with Crippen molar-refractivity contribution in [3.8, 4) is 0 Å². The average molecular weight is 319 g/mol. The second-order valence-corrected chi connectivity index (χ2v) is 4.17. The molecule has 0 spiro atoms. The van der Waals surface area contributed by atoms with Gasteiger partial charge in [0.25, 0.3) is 0 Å². The highest BCUT2D eigenvalue weighted by molar-refractivity contribution is 6.28. The van der Waals surface area contributed by atoms with E-state index < -0.39 is 22.4 Å². The fourth-order valence-corrected chi connectivity index (χ4v) is 1.59. The molecule has 0 aliphatic heterocycles. The molecular formula is C11H6ClF3N4O2. The van der Waals surface area contributed by atoms with Crippen LogP contribution in [0.1, 0.15) is 5.56 Å². The lowest BCUT2D eigenvalue weighted by Gasteiger charge is -2.09. The maximum absolute atomic E-state index is 12.4. The second-order valence-electron chi connectivity index (χ2n) is 3.83. The molecule has 0 saturated heterocycles. The van der Waals surface area contributed by atoms with Gasteiger partial charge in [-0.3, -0.25) is 10.1 Å². The highest BCUT2D eigenvalue weighted by Crippen LogP contribution is 2.31. The fourth-order valence-electron chi connectivity index (χ4n) is 1.46. The normalized spacial score (nSPS) is 11.2. The van der Waals surface area contributed by atoms with Crippen LogP contribution in [0.15, 0.2) is 30.5 Å². The van der Waals surface area contributed by atoms with Crippen molar-refractivity contribution in [2.45, 2.75) is 6.18 Å². The molecule has 1 aromatic heterocycles. The van der Waals surface area contributed by atoms with Gasteiger partial charge in [-0.05, 0) is 35.9 Å². The van der Waals surface area contributed by atoms with Crippen molar-refractivity contribution in [1.29, 1.82) is 0 Å². The summed E-state index contributed by atoms with van der Waals surface area (Å²) in [5.41, 5.74) is -1.08. The third kappa shape index (κ3) is 3.57. The molecule has 6 nitrogen and oxygen atoms in total. The number of hydrogen-bond donors (Lipinski definition) is 1. The lowest BCUT2D eigenvalue weighted by atomic mass is 10.2. The number of nitrogens with one attached hydrogen (secondary N) is 1. The van der Waals surface area contributed by atoms with Crippen molar-refractivity contribution in [2.24, 2.45) is 0 Å². The highest BCUT2D eigenvalue weighted by atomic mass is 35.5. The zero-order chi connectivity index (χ0) is 15.6. The number of nitro groups is 1. The molecule has 0 bridgehead atoms. The molecule has 2 rings (SSSR count). The summed E-state index contributed by atoms with van der Waals surface area (Å²) in [6.07, 6.45) is -3.55. The van der Waals surface area contributed by atoms with E-state index >= 15 is 0 Å². The maximum Gasteiger partial charge on any atom is 0.416 e. The van der Waals surface area contributed by atoms with Crippen molar-refractivity contribution < 1.29 is 18.1 Å². The molecule has 1 N–H and O–H groups in total. The highest BCUT2D eigenvalue weighted by Gasteiger charge is 2.30. The van der Waals surface area contributed by atoms with Gasteiger partial charge in [0, 0.05) is 5.69 Å². The molecular weight excluding hydrogens is 313 g/mol. The number of anilines is 2. The minimum Gasteiger partial charge on any atom is -0.334 e. The molecule has 10 heteroatoms. The summed E-state index contributed by atoms with van der Waals surface area (Å²) in [5.74, 6) is -0.209. The van der Waals surface area contributed by atoms with E-state index in [0.717, 1.165) is 30.5 Å². The number of halogens is 4. The number of hydrogen-bond acceptors (Lipinski definition) is 5. The zero-order valence-electron chi connectivity index (χ0n) is 10.1. The number of rotatable bonds is 3. The largest absolute Gasteiger partial charge is 0.416 e.